The highest BCUT2D eigenvalue weighted by Gasteiger charge is 2.24. The van der Waals surface area contributed by atoms with Crippen LogP contribution in [-0.4, -0.2) is 47.3 Å². The van der Waals surface area contributed by atoms with Gasteiger partial charge in [0.2, 0.25) is 0 Å². The predicted octanol–water partition coefficient (Wildman–Crippen LogP) is -2.11. The number of carbonyl (C=O) groups is 1. The highest BCUT2D eigenvalue weighted by molar-refractivity contribution is 6.32. The molecule has 1 heterocycles. The van der Waals surface area contributed by atoms with Crippen molar-refractivity contribution in [3.63, 3.8) is 0 Å². The van der Waals surface area contributed by atoms with E-state index in [1.165, 1.54) is 0 Å². The van der Waals surface area contributed by atoms with Crippen molar-refractivity contribution in [2.24, 2.45) is 5.73 Å². The van der Waals surface area contributed by atoms with Gasteiger partial charge in [-0.3, -0.25) is 10.5 Å². The number of amides is 1. The van der Waals surface area contributed by atoms with Gasteiger partial charge < -0.3 is 14.7 Å². The van der Waals surface area contributed by atoms with Crippen LogP contribution in [0.25, 0.3) is 0 Å². The smallest absolute Gasteiger partial charge is 0.451 e. The summed E-state index contributed by atoms with van der Waals surface area (Å²) < 4.78 is 5.09. The summed E-state index contributed by atoms with van der Waals surface area (Å²) in [5.41, 5.74) is 6.32. The molecular formula is C15H22N4O3+2. The van der Waals surface area contributed by atoms with Crippen LogP contribution in [0.5, 0.6) is 5.75 Å². The molecule has 118 valence electrons. The average molecular weight is 306 g/mol. The van der Waals surface area contributed by atoms with Crippen LogP contribution in [-0.2, 0) is 4.74 Å². The van der Waals surface area contributed by atoms with Gasteiger partial charge in [-0.2, -0.15) is 0 Å². The number of para-hydroxylation sites is 1. The van der Waals surface area contributed by atoms with E-state index in [0.29, 0.717) is 12.3 Å². The van der Waals surface area contributed by atoms with Gasteiger partial charge in [-0.15, -0.1) is 0 Å². The van der Waals surface area contributed by atoms with Crippen molar-refractivity contribution >= 4 is 23.3 Å². The number of rotatable bonds is 3. The molecule has 0 atom stereocenters. The Hall–Kier alpha value is -2.57. The number of carbonyl (C=O) groups excluding carboxylic acids is 1. The van der Waals surface area contributed by atoms with E-state index in [0.717, 1.165) is 25.9 Å². The highest BCUT2D eigenvalue weighted by atomic mass is 16.5. The molecule has 7 heteroatoms. The number of ether oxygens (including phenoxy) is 1. The number of benzene rings is 1. The minimum atomic E-state index is -0.181. The molecule has 22 heavy (non-hydrogen) atoms. The molecule has 1 aliphatic rings. The number of likely N-dealkylation sites (tertiary alicyclic amines) is 1. The number of phenolic OH excluding ortho intramolecular Hbond substituents is 1. The van der Waals surface area contributed by atoms with E-state index in [1.54, 1.807) is 30.0 Å². The number of nitrogens with zero attached hydrogens (tertiary/aromatic N) is 1. The minimum Gasteiger partial charge on any atom is -0.503 e. The number of hydrogen-bond acceptors (Lipinski definition) is 3. The molecule has 2 rings (SSSR count). The Bertz CT molecular complexity index is 607. The molecular weight excluding hydrogens is 284 g/mol. The van der Waals surface area contributed by atoms with E-state index in [4.69, 9.17) is 15.9 Å². The van der Waals surface area contributed by atoms with Gasteiger partial charge in [0.15, 0.2) is 11.4 Å². The third-order valence-electron chi connectivity index (χ3n) is 3.49. The first kappa shape index (κ1) is 15.8. The first-order chi connectivity index (χ1) is 10.5. The van der Waals surface area contributed by atoms with Gasteiger partial charge >= 0.3 is 11.7 Å². The number of amidine groups is 1. The lowest BCUT2D eigenvalue weighted by atomic mass is 10.1. The zero-order valence-corrected chi connectivity index (χ0v) is 12.6. The van der Waals surface area contributed by atoms with Crippen molar-refractivity contribution in [3.8, 4) is 5.75 Å². The molecule has 0 bridgehead atoms. The third-order valence-corrected chi connectivity index (χ3v) is 3.49. The normalized spacial score (nSPS) is 15.0. The Balaban J connectivity index is 2.27. The Morgan fingerprint density at radius 1 is 1.45 bits per heavy atom. The Morgan fingerprint density at radius 2 is 2.14 bits per heavy atom. The average Bonchev–Trinajstić information content (AvgIpc) is 3.03. The maximum absolute atomic E-state index is 12.4. The monoisotopic (exact) mass is 306 g/mol. The summed E-state index contributed by atoms with van der Waals surface area (Å²) in [6.07, 6.45) is 1.98. The van der Waals surface area contributed by atoms with Crippen LogP contribution in [0.4, 0.5) is 5.69 Å². The highest BCUT2D eigenvalue weighted by Crippen LogP contribution is 2.25. The second-order valence-corrected chi connectivity index (χ2v) is 5.04. The van der Waals surface area contributed by atoms with Crippen molar-refractivity contribution in [2.75, 3.05) is 19.7 Å². The zero-order valence-electron chi connectivity index (χ0n) is 12.6. The van der Waals surface area contributed by atoms with Crippen molar-refractivity contribution < 1.29 is 25.0 Å². The molecule has 0 saturated carbocycles. The van der Waals surface area contributed by atoms with Gasteiger partial charge in [-0.05, 0) is 31.9 Å². The van der Waals surface area contributed by atoms with E-state index in [2.05, 4.69) is 4.99 Å². The van der Waals surface area contributed by atoms with E-state index < -0.39 is 0 Å². The predicted molar refractivity (Wildman–Crippen MR) is 81.6 cm³/mol. The van der Waals surface area contributed by atoms with Crippen molar-refractivity contribution in [2.45, 2.75) is 19.8 Å². The van der Waals surface area contributed by atoms with Crippen LogP contribution >= 0.6 is 0 Å². The molecule has 0 radical (unpaired) electrons. The van der Waals surface area contributed by atoms with Crippen LogP contribution in [0.2, 0.25) is 0 Å². The van der Waals surface area contributed by atoms with E-state index in [9.17, 15) is 9.90 Å². The van der Waals surface area contributed by atoms with Gasteiger partial charge in [-0.25, -0.2) is 10.4 Å². The second kappa shape index (κ2) is 6.93. The summed E-state index contributed by atoms with van der Waals surface area (Å²) in [7, 11) is 0. The van der Waals surface area contributed by atoms with Gasteiger partial charge in [-0.1, -0.05) is 6.07 Å². The SMILES string of the molecule is CCOC(=[NH2+])C(N)=[NH+]c1cccc(C(=O)N2CCCC2)c1O. The molecule has 0 aromatic heterocycles. The second-order valence-electron chi connectivity index (χ2n) is 5.04. The summed E-state index contributed by atoms with van der Waals surface area (Å²) in [6.45, 7) is 3.60. The van der Waals surface area contributed by atoms with Gasteiger partial charge in [0.05, 0.1) is 12.2 Å². The fourth-order valence-corrected chi connectivity index (χ4v) is 2.35. The number of nitrogens with two attached hydrogens (primary N) is 2. The molecule has 1 fully saturated rings. The first-order valence-corrected chi connectivity index (χ1v) is 7.31. The van der Waals surface area contributed by atoms with Gasteiger partial charge in [0, 0.05) is 13.1 Å². The van der Waals surface area contributed by atoms with Crippen molar-refractivity contribution in [1.82, 2.24) is 4.90 Å². The van der Waals surface area contributed by atoms with Gasteiger partial charge in [0.1, 0.15) is 0 Å². The Kier molecular flexibility index (Phi) is 4.98. The molecule has 0 aliphatic carbocycles. The van der Waals surface area contributed by atoms with Crippen molar-refractivity contribution in [1.29, 1.82) is 0 Å². The minimum absolute atomic E-state index is 0.0400. The molecule has 1 aromatic rings. The fourth-order valence-electron chi connectivity index (χ4n) is 2.35. The standard InChI is InChI=1S/C15H20N4O3/c1-2-22-14(17)13(16)18-11-7-5-6-10(12(11)20)15(21)19-8-3-4-9-19/h5-7,17,20H,2-4,8-9H2,1H3,(H2,16,18)/p+2. The molecule has 1 saturated heterocycles. The lowest BCUT2D eigenvalue weighted by molar-refractivity contribution is -0.356. The molecule has 1 amide bonds. The summed E-state index contributed by atoms with van der Waals surface area (Å²) in [4.78, 5) is 16.9. The van der Waals surface area contributed by atoms with Crippen LogP contribution in [0, 0.1) is 0 Å². The molecule has 0 unspecified atom stereocenters. The van der Waals surface area contributed by atoms with Crippen LogP contribution in [0.1, 0.15) is 30.1 Å². The fraction of sp³-hybridized carbons (Fsp3) is 0.400. The summed E-state index contributed by atoms with van der Waals surface area (Å²) in [5.74, 6) is -0.202. The first-order valence-electron chi connectivity index (χ1n) is 7.31. The number of aromatic hydroxyl groups is 1. The Labute approximate surface area is 128 Å². The molecule has 6 N–H and O–H groups in total. The van der Waals surface area contributed by atoms with E-state index in [-0.39, 0.29) is 29.0 Å². The maximum Gasteiger partial charge on any atom is 0.451 e. The number of nitrogens with one attached hydrogen (secondary N) is 1. The molecule has 1 aliphatic heterocycles. The lowest BCUT2D eigenvalue weighted by Gasteiger charge is -2.16. The number of hydrogen-bond donors (Lipinski definition) is 4. The number of phenols is 1. The molecule has 7 nitrogen and oxygen atoms in total. The van der Waals surface area contributed by atoms with E-state index in [1.807, 2.05) is 0 Å². The third kappa shape index (κ3) is 3.36. The summed E-state index contributed by atoms with van der Waals surface area (Å²) in [5, 5.41) is 15.9. The largest absolute Gasteiger partial charge is 0.503 e. The van der Waals surface area contributed by atoms with Crippen LogP contribution < -0.4 is 16.1 Å². The molecule has 0 spiro atoms. The quantitative estimate of drug-likeness (QED) is 0.291. The maximum atomic E-state index is 12.4. The summed E-state index contributed by atoms with van der Waals surface area (Å²) in [6, 6.07) is 4.88. The topological polar surface area (TPSA) is 115 Å². The van der Waals surface area contributed by atoms with Crippen LogP contribution in [0.3, 0.4) is 0 Å². The van der Waals surface area contributed by atoms with E-state index >= 15 is 0 Å². The van der Waals surface area contributed by atoms with Crippen LogP contribution in [0.15, 0.2) is 18.2 Å². The lowest BCUT2D eigenvalue weighted by Crippen LogP contribution is -2.75. The summed E-state index contributed by atoms with van der Waals surface area (Å²) >= 11 is 0. The Morgan fingerprint density at radius 3 is 2.77 bits per heavy atom. The molecule has 1 aromatic carbocycles. The zero-order chi connectivity index (χ0) is 16.1. The van der Waals surface area contributed by atoms with Gasteiger partial charge in [0.25, 0.3) is 5.91 Å². The van der Waals surface area contributed by atoms with Crippen molar-refractivity contribution in [3.05, 3.63) is 23.8 Å².